The van der Waals surface area contributed by atoms with Crippen molar-refractivity contribution in [2.24, 2.45) is 0 Å². The molecule has 1 unspecified atom stereocenters. The van der Waals surface area contributed by atoms with Crippen molar-refractivity contribution in [2.45, 2.75) is 225 Å². The Morgan fingerprint density at radius 2 is 0.833 bits per heavy atom. The Kier molecular flexibility index (Phi) is 39.6. The minimum absolute atomic E-state index is 0.206. The molecule has 8 nitrogen and oxygen atoms in total. The molecule has 0 aromatic carbocycles. The first-order chi connectivity index (χ1) is 26.3. The highest BCUT2D eigenvalue weighted by Crippen LogP contribution is 2.36. The van der Waals surface area contributed by atoms with Crippen LogP contribution in [0.3, 0.4) is 0 Å². The number of phosphoric acid groups is 1. The zero-order valence-corrected chi connectivity index (χ0v) is 35.8. The second kappa shape index (κ2) is 40.9. The van der Waals surface area contributed by atoms with Crippen LogP contribution in [0.1, 0.15) is 219 Å². The Bertz CT molecular complexity index is 973. The lowest BCUT2D eigenvalue weighted by molar-refractivity contribution is -0.161. The molecular formula is C45H83O8P. The molecule has 316 valence electrons. The van der Waals surface area contributed by atoms with E-state index in [1.54, 1.807) is 0 Å². The highest BCUT2D eigenvalue weighted by atomic mass is 31.2. The normalized spacial score (nSPS) is 12.7. The predicted octanol–water partition coefficient (Wildman–Crippen LogP) is 13.7. The van der Waals surface area contributed by atoms with Crippen molar-refractivity contribution >= 4 is 19.8 Å². The van der Waals surface area contributed by atoms with Crippen LogP contribution in [0.5, 0.6) is 0 Å². The van der Waals surface area contributed by atoms with Gasteiger partial charge in [0.1, 0.15) is 6.61 Å². The molecule has 0 aliphatic rings. The van der Waals surface area contributed by atoms with Crippen molar-refractivity contribution in [3.63, 3.8) is 0 Å². The van der Waals surface area contributed by atoms with Crippen molar-refractivity contribution < 1.29 is 37.9 Å². The van der Waals surface area contributed by atoms with Crippen molar-refractivity contribution in [1.29, 1.82) is 0 Å². The molecule has 0 aliphatic heterocycles. The second-order valence-corrected chi connectivity index (χ2v) is 16.3. The van der Waals surface area contributed by atoms with Crippen LogP contribution in [0.25, 0.3) is 0 Å². The first-order valence-electron chi connectivity index (χ1n) is 22.3. The summed E-state index contributed by atoms with van der Waals surface area (Å²) in [5.41, 5.74) is 0. The van der Waals surface area contributed by atoms with Crippen LogP contribution in [0.4, 0.5) is 0 Å². The van der Waals surface area contributed by atoms with Crippen LogP contribution in [0.2, 0.25) is 0 Å². The van der Waals surface area contributed by atoms with E-state index in [1.807, 2.05) is 0 Å². The maximum atomic E-state index is 12.4. The summed E-state index contributed by atoms with van der Waals surface area (Å²) in [5, 5.41) is 0. The summed E-state index contributed by atoms with van der Waals surface area (Å²) in [6, 6.07) is 0. The van der Waals surface area contributed by atoms with Gasteiger partial charge in [-0.25, -0.2) is 4.57 Å². The topological polar surface area (TPSA) is 119 Å². The SMILES string of the molecule is CCCCCCC/C=C\C/C=C\CCCCCCCCCCCC(=O)OC(COC(=O)CCCCCCC/C=C\CCCCCCCC)COP(=O)(O)O. The minimum atomic E-state index is -4.76. The lowest BCUT2D eigenvalue weighted by Crippen LogP contribution is -2.29. The summed E-state index contributed by atoms with van der Waals surface area (Å²) in [5.74, 6) is -0.894. The maximum Gasteiger partial charge on any atom is 0.469 e. The van der Waals surface area contributed by atoms with Gasteiger partial charge in [-0.05, 0) is 70.6 Å². The first kappa shape index (κ1) is 52.3. The van der Waals surface area contributed by atoms with Gasteiger partial charge in [-0.1, -0.05) is 172 Å². The fraction of sp³-hybridized carbons (Fsp3) is 0.822. The number of carbonyl (C=O) groups is 2. The molecule has 54 heavy (non-hydrogen) atoms. The van der Waals surface area contributed by atoms with E-state index in [0.29, 0.717) is 12.8 Å². The number of ether oxygens (including phenoxy) is 2. The summed E-state index contributed by atoms with van der Waals surface area (Å²) >= 11 is 0. The molecule has 0 saturated carbocycles. The van der Waals surface area contributed by atoms with Gasteiger partial charge >= 0.3 is 19.8 Å². The van der Waals surface area contributed by atoms with E-state index < -0.39 is 32.5 Å². The smallest absolute Gasteiger partial charge is 0.462 e. The van der Waals surface area contributed by atoms with Crippen molar-refractivity contribution in [3.05, 3.63) is 36.5 Å². The largest absolute Gasteiger partial charge is 0.469 e. The summed E-state index contributed by atoms with van der Waals surface area (Å²) in [4.78, 5) is 42.9. The molecule has 1 atom stereocenters. The zero-order chi connectivity index (χ0) is 39.6. The molecule has 0 aromatic rings. The number of allylic oxidation sites excluding steroid dienone is 6. The quantitative estimate of drug-likeness (QED) is 0.0272. The highest BCUT2D eigenvalue weighted by Gasteiger charge is 2.22. The van der Waals surface area contributed by atoms with Crippen LogP contribution in [0.15, 0.2) is 36.5 Å². The summed E-state index contributed by atoms with van der Waals surface area (Å²) < 4.78 is 26.4. The maximum absolute atomic E-state index is 12.4. The third-order valence-corrected chi connectivity index (χ3v) is 10.1. The highest BCUT2D eigenvalue weighted by molar-refractivity contribution is 7.46. The van der Waals surface area contributed by atoms with Crippen LogP contribution in [-0.2, 0) is 28.2 Å². The average Bonchev–Trinajstić information content (AvgIpc) is 3.14. The van der Waals surface area contributed by atoms with E-state index >= 15 is 0 Å². The molecule has 0 radical (unpaired) electrons. The Labute approximate surface area is 332 Å². The third kappa shape index (κ3) is 43.0. The van der Waals surface area contributed by atoms with Gasteiger partial charge in [0, 0.05) is 12.8 Å². The van der Waals surface area contributed by atoms with Crippen LogP contribution in [0, 0.1) is 0 Å². The fourth-order valence-electron chi connectivity index (χ4n) is 6.28. The van der Waals surface area contributed by atoms with Gasteiger partial charge in [-0.3, -0.25) is 14.1 Å². The second-order valence-electron chi connectivity index (χ2n) is 15.0. The molecule has 0 aliphatic carbocycles. The van der Waals surface area contributed by atoms with Crippen molar-refractivity contribution in [1.82, 2.24) is 0 Å². The number of carbonyl (C=O) groups excluding carboxylic acids is 2. The number of rotatable bonds is 41. The number of hydrogen-bond donors (Lipinski definition) is 2. The van der Waals surface area contributed by atoms with E-state index in [0.717, 1.165) is 64.2 Å². The average molecular weight is 783 g/mol. The van der Waals surface area contributed by atoms with E-state index in [1.165, 1.54) is 116 Å². The molecule has 0 spiro atoms. The summed E-state index contributed by atoms with van der Waals surface area (Å²) in [6.07, 6.45) is 48.6. The lowest BCUT2D eigenvalue weighted by Gasteiger charge is -2.18. The Morgan fingerprint density at radius 3 is 1.24 bits per heavy atom. The Hall–Kier alpha value is -1.73. The summed E-state index contributed by atoms with van der Waals surface area (Å²) in [6.45, 7) is 3.67. The molecule has 0 aromatic heterocycles. The van der Waals surface area contributed by atoms with Gasteiger partial charge in [-0.15, -0.1) is 0 Å². The molecule has 0 amide bonds. The van der Waals surface area contributed by atoms with Gasteiger partial charge in [0.15, 0.2) is 6.10 Å². The van der Waals surface area contributed by atoms with Crippen LogP contribution >= 0.6 is 7.82 Å². The van der Waals surface area contributed by atoms with Gasteiger partial charge < -0.3 is 19.3 Å². The van der Waals surface area contributed by atoms with E-state index in [-0.39, 0.29) is 19.4 Å². The molecule has 0 fully saturated rings. The Balaban J connectivity index is 3.89. The van der Waals surface area contributed by atoms with Crippen LogP contribution in [-0.4, -0.2) is 41.0 Å². The molecule has 0 saturated heterocycles. The lowest BCUT2D eigenvalue weighted by atomic mass is 10.1. The van der Waals surface area contributed by atoms with E-state index in [2.05, 4.69) is 54.8 Å². The number of unbranched alkanes of at least 4 members (excludes halogenated alkanes) is 25. The zero-order valence-electron chi connectivity index (χ0n) is 34.9. The molecular weight excluding hydrogens is 699 g/mol. The van der Waals surface area contributed by atoms with Gasteiger partial charge in [0.2, 0.25) is 0 Å². The molecule has 0 bridgehead atoms. The summed E-state index contributed by atoms with van der Waals surface area (Å²) in [7, 11) is -4.76. The fourth-order valence-corrected chi connectivity index (χ4v) is 6.64. The first-order valence-corrected chi connectivity index (χ1v) is 23.8. The number of hydrogen-bond acceptors (Lipinski definition) is 6. The van der Waals surface area contributed by atoms with Gasteiger partial charge in [0.05, 0.1) is 6.61 Å². The molecule has 0 heterocycles. The van der Waals surface area contributed by atoms with E-state index in [4.69, 9.17) is 19.3 Å². The van der Waals surface area contributed by atoms with Gasteiger partial charge in [0.25, 0.3) is 0 Å². The molecule has 9 heteroatoms. The van der Waals surface area contributed by atoms with Crippen molar-refractivity contribution in [3.8, 4) is 0 Å². The number of esters is 2. The van der Waals surface area contributed by atoms with Crippen LogP contribution < -0.4 is 0 Å². The minimum Gasteiger partial charge on any atom is -0.462 e. The van der Waals surface area contributed by atoms with Crippen molar-refractivity contribution in [2.75, 3.05) is 13.2 Å². The monoisotopic (exact) mass is 783 g/mol. The molecule has 0 rings (SSSR count). The Morgan fingerprint density at radius 1 is 0.481 bits per heavy atom. The number of phosphoric ester groups is 1. The standard InChI is InChI=1S/C45H83O8P/c1-3-5-7-9-11-13-15-17-19-20-21-22-23-24-26-28-30-32-34-36-38-40-45(47)53-43(42-52-54(48,49)50)41-51-44(46)39-37-35-33-31-29-27-25-18-16-14-12-10-8-6-4-2/h15,17-18,20-21,25,43H,3-14,16,19,22-24,26-42H2,1-2H3,(H2,48,49,50)/b17-15-,21-20-,25-18-. The predicted molar refractivity (Wildman–Crippen MR) is 225 cm³/mol. The molecule has 2 N–H and O–H groups in total. The third-order valence-electron chi connectivity index (χ3n) is 9.63. The van der Waals surface area contributed by atoms with Gasteiger partial charge in [-0.2, -0.15) is 0 Å². The van der Waals surface area contributed by atoms with E-state index in [9.17, 15) is 14.2 Å².